The van der Waals surface area contributed by atoms with Crippen LogP contribution in [0.5, 0.6) is 0 Å². The lowest BCUT2D eigenvalue weighted by Gasteiger charge is -2.17. The highest BCUT2D eigenvalue weighted by molar-refractivity contribution is 6.25. The van der Waals surface area contributed by atoms with E-state index in [0.717, 1.165) is 76.9 Å². The van der Waals surface area contributed by atoms with E-state index in [0.29, 0.717) is 0 Å². The Morgan fingerprint density at radius 3 is 1.45 bits per heavy atom. The number of para-hydroxylation sites is 2. The molecule has 0 unspecified atom stereocenters. The molecule has 8 aromatic carbocycles. The number of hydrogen-bond donors (Lipinski definition) is 0. The maximum Gasteiger partial charge on any atom is 0.147 e. The van der Waals surface area contributed by atoms with Crippen molar-refractivity contribution in [3.63, 3.8) is 0 Å². The minimum Gasteiger partial charge on any atom is -0.456 e. The third kappa shape index (κ3) is 3.40. The van der Waals surface area contributed by atoms with Gasteiger partial charge in [-0.15, -0.1) is 0 Å². The van der Waals surface area contributed by atoms with Crippen molar-refractivity contribution in [2.24, 2.45) is 0 Å². The lowest BCUT2D eigenvalue weighted by atomic mass is 9.85. The van der Waals surface area contributed by atoms with Gasteiger partial charge in [-0.05, 0) is 92.3 Å². The van der Waals surface area contributed by atoms with E-state index in [4.69, 9.17) is 13.3 Å². The molecule has 0 saturated carbocycles. The van der Waals surface area contributed by atoms with E-state index in [1.165, 1.54) is 32.7 Å². The van der Waals surface area contributed by atoms with Crippen LogP contribution in [-0.4, -0.2) is 0 Å². The Kier molecular flexibility index (Phi) is 4.84. The quantitative estimate of drug-likeness (QED) is 0.185. The second-order valence-corrected chi connectivity index (χ2v) is 12.4. The summed E-state index contributed by atoms with van der Waals surface area (Å²) in [4.78, 5) is 0. The molecule has 3 aromatic heterocycles. The zero-order valence-corrected chi connectivity index (χ0v) is 25.1. The van der Waals surface area contributed by atoms with Gasteiger partial charge in [-0.1, -0.05) is 97.1 Å². The predicted octanol–water partition coefficient (Wildman–Crippen LogP) is 13.0. The molecule has 0 bridgehead atoms. The molecule has 0 saturated heterocycles. The highest BCUT2D eigenvalue weighted by Crippen LogP contribution is 2.46. The second-order valence-electron chi connectivity index (χ2n) is 12.4. The molecule has 0 aliphatic carbocycles. The fourth-order valence-electron chi connectivity index (χ4n) is 7.83. The molecular weight excluding hydrogens is 576 g/mol. The maximum absolute atomic E-state index is 6.56. The van der Waals surface area contributed by atoms with Crippen LogP contribution in [0.2, 0.25) is 0 Å². The zero-order valence-electron chi connectivity index (χ0n) is 25.1. The summed E-state index contributed by atoms with van der Waals surface area (Å²) in [5.41, 5.74) is 9.98. The summed E-state index contributed by atoms with van der Waals surface area (Å²) >= 11 is 0. The van der Waals surface area contributed by atoms with Crippen LogP contribution in [0.1, 0.15) is 0 Å². The van der Waals surface area contributed by atoms with Crippen molar-refractivity contribution >= 4 is 87.4 Å². The van der Waals surface area contributed by atoms with Gasteiger partial charge in [0.15, 0.2) is 0 Å². The minimum absolute atomic E-state index is 0.839. The van der Waals surface area contributed by atoms with Crippen molar-refractivity contribution < 1.29 is 13.3 Å². The molecule has 0 aliphatic rings. The number of hydrogen-bond acceptors (Lipinski definition) is 3. The molecule has 0 spiro atoms. The summed E-state index contributed by atoms with van der Waals surface area (Å²) in [7, 11) is 0. The fourth-order valence-corrected chi connectivity index (χ4v) is 7.83. The van der Waals surface area contributed by atoms with Crippen molar-refractivity contribution in [1.82, 2.24) is 0 Å². The van der Waals surface area contributed by atoms with Gasteiger partial charge in [0.25, 0.3) is 0 Å². The first-order valence-corrected chi connectivity index (χ1v) is 15.9. The van der Waals surface area contributed by atoms with Crippen molar-refractivity contribution in [2.45, 2.75) is 0 Å². The van der Waals surface area contributed by atoms with Crippen LogP contribution in [-0.2, 0) is 0 Å². The molecule has 218 valence electrons. The van der Waals surface area contributed by atoms with Gasteiger partial charge in [0.1, 0.15) is 33.5 Å². The first-order chi connectivity index (χ1) is 23.3. The van der Waals surface area contributed by atoms with Gasteiger partial charge in [0.2, 0.25) is 0 Å². The Bertz CT molecular complexity index is 3020. The molecule has 11 aromatic rings. The fraction of sp³-hybridized carbons (Fsp3) is 0. The smallest absolute Gasteiger partial charge is 0.147 e. The van der Waals surface area contributed by atoms with Gasteiger partial charge in [-0.2, -0.15) is 0 Å². The number of rotatable bonds is 2. The molecule has 3 heteroatoms. The molecule has 0 radical (unpaired) electrons. The minimum atomic E-state index is 0.839. The molecule has 47 heavy (non-hydrogen) atoms. The zero-order chi connectivity index (χ0) is 30.6. The van der Waals surface area contributed by atoms with Crippen molar-refractivity contribution in [3.05, 3.63) is 146 Å². The molecule has 11 rings (SSSR count). The Labute approximate surface area is 267 Å². The van der Waals surface area contributed by atoms with E-state index in [9.17, 15) is 0 Å². The Morgan fingerprint density at radius 2 is 0.745 bits per heavy atom. The van der Waals surface area contributed by atoms with Crippen LogP contribution < -0.4 is 0 Å². The van der Waals surface area contributed by atoms with Crippen LogP contribution in [0.15, 0.2) is 159 Å². The predicted molar refractivity (Wildman–Crippen MR) is 194 cm³/mol. The molecule has 3 heterocycles. The van der Waals surface area contributed by atoms with Crippen LogP contribution in [0.3, 0.4) is 0 Å². The second kappa shape index (κ2) is 9.12. The van der Waals surface area contributed by atoms with Gasteiger partial charge < -0.3 is 13.3 Å². The van der Waals surface area contributed by atoms with E-state index in [1.54, 1.807) is 0 Å². The van der Waals surface area contributed by atoms with Crippen LogP contribution in [0.4, 0.5) is 0 Å². The van der Waals surface area contributed by atoms with E-state index in [-0.39, 0.29) is 0 Å². The number of furan rings is 3. The monoisotopic (exact) mass is 600 g/mol. The van der Waals surface area contributed by atoms with E-state index >= 15 is 0 Å². The standard InChI is InChI=1S/C44H24O3/c1-3-12-31-29(10-1)41(25-18-21-38-35(23-25)33-20-22-39-43(44(33)47-38)34-14-6-8-16-37(34)45-39)30-11-2-4-13-32(30)42(31)26-17-19-28-27-9-5-7-15-36(27)46-40(28)24-26/h1-24H. The highest BCUT2D eigenvalue weighted by Gasteiger charge is 2.20. The van der Waals surface area contributed by atoms with Crippen molar-refractivity contribution in [2.75, 3.05) is 0 Å². The van der Waals surface area contributed by atoms with E-state index in [2.05, 4.69) is 115 Å². The Balaban J connectivity index is 1.19. The Morgan fingerprint density at radius 1 is 0.277 bits per heavy atom. The summed E-state index contributed by atoms with van der Waals surface area (Å²) in [6.45, 7) is 0. The SMILES string of the molecule is c1ccc2c(c1)oc1cc(-c3c4ccccc4c(-c4ccc5oc6c(ccc7oc8ccccc8c76)c5c4)c4ccccc34)ccc12. The topological polar surface area (TPSA) is 39.4 Å². The van der Waals surface area contributed by atoms with Gasteiger partial charge >= 0.3 is 0 Å². The normalized spacial score (nSPS) is 12.3. The highest BCUT2D eigenvalue weighted by atomic mass is 16.3. The van der Waals surface area contributed by atoms with Gasteiger partial charge in [0, 0.05) is 26.9 Å². The van der Waals surface area contributed by atoms with E-state index < -0.39 is 0 Å². The van der Waals surface area contributed by atoms with Gasteiger partial charge in [-0.25, -0.2) is 0 Å². The summed E-state index contributed by atoms with van der Waals surface area (Å²) in [6, 6.07) is 51.4. The molecule has 0 aliphatic heterocycles. The van der Waals surface area contributed by atoms with Gasteiger partial charge in [0.05, 0.1) is 5.39 Å². The molecule has 0 amide bonds. The number of fused-ring (bicyclic) bond motifs is 12. The lowest BCUT2D eigenvalue weighted by molar-refractivity contribution is 0.663. The molecule has 0 N–H and O–H groups in total. The van der Waals surface area contributed by atoms with Crippen LogP contribution in [0, 0.1) is 0 Å². The summed E-state index contributed by atoms with van der Waals surface area (Å²) < 4.78 is 19.1. The van der Waals surface area contributed by atoms with E-state index in [1.807, 2.05) is 30.3 Å². The maximum atomic E-state index is 6.56. The number of benzene rings is 8. The van der Waals surface area contributed by atoms with Crippen LogP contribution in [0.25, 0.3) is 110 Å². The lowest BCUT2D eigenvalue weighted by Crippen LogP contribution is -1.90. The Hall–Kier alpha value is -6.32. The first-order valence-electron chi connectivity index (χ1n) is 15.9. The summed E-state index contributed by atoms with van der Waals surface area (Å²) in [5, 5.41) is 11.4. The molecule has 3 nitrogen and oxygen atoms in total. The molecule has 0 atom stereocenters. The average molecular weight is 601 g/mol. The molecule has 0 fully saturated rings. The summed E-state index contributed by atoms with van der Waals surface area (Å²) in [6.07, 6.45) is 0. The van der Waals surface area contributed by atoms with Crippen LogP contribution >= 0.6 is 0 Å². The third-order valence-corrected chi connectivity index (χ3v) is 9.87. The average Bonchev–Trinajstić information content (AvgIpc) is 3.80. The van der Waals surface area contributed by atoms with Crippen molar-refractivity contribution in [1.29, 1.82) is 0 Å². The summed E-state index contributed by atoms with van der Waals surface area (Å²) in [5.74, 6) is 0. The van der Waals surface area contributed by atoms with Gasteiger partial charge in [-0.3, -0.25) is 0 Å². The largest absolute Gasteiger partial charge is 0.456 e. The van der Waals surface area contributed by atoms with Crippen molar-refractivity contribution in [3.8, 4) is 22.3 Å². The first kappa shape index (κ1) is 24.9. The third-order valence-electron chi connectivity index (χ3n) is 9.87. The molecular formula is C44H24O3.